The molecule has 1 aromatic carbocycles. The summed E-state index contributed by atoms with van der Waals surface area (Å²) < 4.78 is 5.82. The van der Waals surface area contributed by atoms with Crippen LogP contribution in [0.15, 0.2) is 36.4 Å². The molecule has 1 heterocycles. The number of nitrogens with one attached hydrogen (secondary N) is 1. The Hall–Kier alpha value is -1.58. The van der Waals surface area contributed by atoms with E-state index in [2.05, 4.69) is 17.2 Å². The van der Waals surface area contributed by atoms with Crippen molar-refractivity contribution in [3.8, 4) is 5.75 Å². The number of hydrogen-bond acceptors (Lipinski definition) is 3. The van der Waals surface area contributed by atoms with Crippen LogP contribution in [0.5, 0.6) is 5.75 Å². The van der Waals surface area contributed by atoms with Gasteiger partial charge in [-0.05, 0) is 55.8 Å². The molecule has 112 valence electrons. The molecule has 0 amide bonds. The van der Waals surface area contributed by atoms with Crippen LogP contribution in [0, 0.1) is 6.92 Å². The largest absolute Gasteiger partial charge is 0.487 e. The first-order valence-electron chi connectivity index (χ1n) is 7.23. The predicted octanol–water partition coefficient (Wildman–Crippen LogP) is 4.12. The molecule has 21 heavy (non-hydrogen) atoms. The Bertz CT molecular complexity index is 587. The standard InChI is InChI=1S/C17H21ClN2O/c1-3-9-19-11-15-5-4-6-16(20-15)12-21-17-8-7-14(18)10-13(17)2/h4-8,10,19H,3,9,11-12H2,1-2H3. The van der Waals surface area contributed by atoms with Crippen molar-refractivity contribution in [2.75, 3.05) is 6.54 Å². The van der Waals surface area contributed by atoms with Gasteiger partial charge in [-0.15, -0.1) is 0 Å². The third kappa shape index (κ3) is 5.03. The average Bonchev–Trinajstić information content (AvgIpc) is 2.47. The van der Waals surface area contributed by atoms with E-state index in [9.17, 15) is 0 Å². The van der Waals surface area contributed by atoms with Gasteiger partial charge in [-0.25, -0.2) is 0 Å². The fraction of sp³-hybridized carbons (Fsp3) is 0.353. The van der Waals surface area contributed by atoms with Gasteiger partial charge >= 0.3 is 0 Å². The summed E-state index contributed by atoms with van der Waals surface area (Å²) in [5.41, 5.74) is 3.00. The lowest BCUT2D eigenvalue weighted by Gasteiger charge is -2.10. The summed E-state index contributed by atoms with van der Waals surface area (Å²) in [5.74, 6) is 0.843. The van der Waals surface area contributed by atoms with Gasteiger partial charge in [0.1, 0.15) is 12.4 Å². The Kier molecular flexibility index (Phi) is 6.03. The van der Waals surface area contributed by atoms with Crippen molar-refractivity contribution in [2.45, 2.75) is 33.4 Å². The van der Waals surface area contributed by atoms with E-state index >= 15 is 0 Å². The van der Waals surface area contributed by atoms with E-state index < -0.39 is 0 Å². The molecule has 0 fully saturated rings. The molecule has 3 nitrogen and oxygen atoms in total. The zero-order chi connectivity index (χ0) is 15.1. The maximum absolute atomic E-state index is 5.94. The molecule has 0 atom stereocenters. The third-order valence-corrected chi connectivity index (χ3v) is 3.34. The van der Waals surface area contributed by atoms with Crippen LogP contribution >= 0.6 is 11.6 Å². The second-order valence-electron chi connectivity index (χ2n) is 5.00. The zero-order valence-electron chi connectivity index (χ0n) is 12.5. The molecule has 2 aromatic rings. The number of ether oxygens (including phenoxy) is 1. The molecule has 0 aliphatic heterocycles. The molecular formula is C17H21ClN2O. The molecule has 0 spiro atoms. The minimum atomic E-state index is 0.462. The van der Waals surface area contributed by atoms with Gasteiger partial charge in [-0.2, -0.15) is 0 Å². The lowest BCUT2D eigenvalue weighted by Crippen LogP contribution is -2.15. The van der Waals surface area contributed by atoms with E-state index in [0.717, 1.165) is 47.2 Å². The fourth-order valence-corrected chi connectivity index (χ4v) is 2.25. The number of rotatable bonds is 7. The van der Waals surface area contributed by atoms with Gasteiger partial charge in [0.25, 0.3) is 0 Å². The van der Waals surface area contributed by atoms with E-state index in [0.29, 0.717) is 6.61 Å². The fourth-order valence-electron chi connectivity index (χ4n) is 2.03. The first-order valence-corrected chi connectivity index (χ1v) is 7.61. The summed E-state index contributed by atoms with van der Waals surface area (Å²) in [7, 11) is 0. The number of hydrogen-bond donors (Lipinski definition) is 1. The monoisotopic (exact) mass is 304 g/mol. The maximum Gasteiger partial charge on any atom is 0.130 e. The van der Waals surface area contributed by atoms with E-state index in [1.165, 1.54) is 0 Å². The highest BCUT2D eigenvalue weighted by atomic mass is 35.5. The van der Waals surface area contributed by atoms with E-state index in [1.54, 1.807) is 0 Å². The van der Waals surface area contributed by atoms with Crippen molar-refractivity contribution >= 4 is 11.6 Å². The van der Waals surface area contributed by atoms with Crippen molar-refractivity contribution in [1.29, 1.82) is 0 Å². The minimum Gasteiger partial charge on any atom is -0.487 e. The first-order chi connectivity index (χ1) is 10.2. The number of benzene rings is 1. The SMILES string of the molecule is CCCNCc1cccc(COc2ccc(Cl)cc2C)n1. The molecular weight excluding hydrogens is 284 g/mol. The highest BCUT2D eigenvalue weighted by molar-refractivity contribution is 6.30. The van der Waals surface area contributed by atoms with Gasteiger partial charge in [0.2, 0.25) is 0 Å². The number of halogens is 1. The van der Waals surface area contributed by atoms with E-state index in [4.69, 9.17) is 16.3 Å². The van der Waals surface area contributed by atoms with E-state index in [-0.39, 0.29) is 0 Å². The molecule has 0 radical (unpaired) electrons. The summed E-state index contributed by atoms with van der Waals surface area (Å²) in [4.78, 5) is 4.59. The van der Waals surface area contributed by atoms with Crippen molar-refractivity contribution in [2.24, 2.45) is 0 Å². The number of nitrogens with zero attached hydrogens (tertiary/aromatic N) is 1. The summed E-state index contributed by atoms with van der Waals surface area (Å²) in [5, 5.41) is 4.07. The van der Waals surface area contributed by atoms with Crippen molar-refractivity contribution in [3.63, 3.8) is 0 Å². The Balaban J connectivity index is 1.95. The van der Waals surface area contributed by atoms with Crippen LogP contribution < -0.4 is 10.1 Å². The highest BCUT2D eigenvalue weighted by Gasteiger charge is 2.03. The molecule has 0 aliphatic carbocycles. The molecule has 1 N–H and O–H groups in total. The van der Waals surface area contributed by atoms with Crippen molar-refractivity contribution < 1.29 is 4.74 Å². The molecule has 0 saturated carbocycles. The summed E-state index contributed by atoms with van der Waals surface area (Å²) in [6.45, 7) is 6.40. The van der Waals surface area contributed by atoms with Crippen LogP contribution in [0.1, 0.15) is 30.3 Å². The normalized spacial score (nSPS) is 10.6. The van der Waals surface area contributed by atoms with Gasteiger partial charge in [-0.3, -0.25) is 4.98 Å². The maximum atomic E-state index is 5.94. The van der Waals surface area contributed by atoms with Gasteiger partial charge in [0.05, 0.1) is 11.4 Å². The Labute approximate surface area is 131 Å². The van der Waals surface area contributed by atoms with Gasteiger partial charge in [-0.1, -0.05) is 24.6 Å². The van der Waals surface area contributed by atoms with Gasteiger partial charge in [0, 0.05) is 11.6 Å². The topological polar surface area (TPSA) is 34.1 Å². The predicted molar refractivity (Wildman–Crippen MR) is 86.8 cm³/mol. The number of pyridine rings is 1. The Morgan fingerprint density at radius 3 is 2.76 bits per heavy atom. The van der Waals surface area contributed by atoms with Crippen LogP contribution in [0.3, 0.4) is 0 Å². The van der Waals surface area contributed by atoms with Crippen molar-refractivity contribution in [1.82, 2.24) is 10.3 Å². The smallest absolute Gasteiger partial charge is 0.130 e. The molecule has 4 heteroatoms. The summed E-state index contributed by atoms with van der Waals surface area (Å²) >= 11 is 5.94. The lowest BCUT2D eigenvalue weighted by atomic mass is 10.2. The summed E-state index contributed by atoms with van der Waals surface area (Å²) in [6, 6.07) is 11.7. The Morgan fingerprint density at radius 1 is 1.19 bits per heavy atom. The van der Waals surface area contributed by atoms with Crippen LogP contribution in [0.4, 0.5) is 0 Å². The molecule has 0 bridgehead atoms. The Morgan fingerprint density at radius 2 is 2.00 bits per heavy atom. The quantitative estimate of drug-likeness (QED) is 0.781. The van der Waals surface area contributed by atoms with Crippen molar-refractivity contribution in [3.05, 3.63) is 58.4 Å². The molecule has 0 aliphatic rings. The average molecular weight is 305 g/mol. The molecule has 0 saturated heterocycles. The first kappa shape index (κ1) is 15.8. The molecule has 1 aromatic heterocycles. The molecule has 2 rings (SSSR count). The van der Waals surface area contributed by atoms with Crippen LogP contribution in [0.25, 0.3) is 0 Å². The second-order valence-corrected chi connectivity index (χ2v) is 5.43. The third-order valence-electron chi connectivity index (χ3n) is 3.11. The van der Waals surface area contributed by atoms with Crippen LogP contribution in [-0.4, -0.2) is 11.5 Å². The van der Waals surface area contributed by atoms with Crippen LogP contribution in [0.2, 0.25) is 5.02 Å². The van der Waals surface area contributed by atoms with Gasteiger partial charge in [0.15, 0.2) is 0 Å². The van der Waals surface area contributed by atoms with Gasteiger partial charge < -0.3 is 10.1 Å². The molecule has 0 unspecified atom stereocenters. The van der Waals surface area contributed by atoms with E-state index in [1.807, 2.05) is 43.3 Å². The minimum absolute atomic E-state index is 0.462. The highest BCUT2D eigenvalue weighted by Crippen LogP contribution is 2.22. The lowest BCUT2D eigenvalue weighted by molar-refractivity contribution is 0.299. The number of aromatic nitrogens is 1. The number of aryl methyl sites for hydroxylation is 1. The summed E-state index contributed by atoms with van der Waals surface area (Å²) in [6.07, 6.45) is 1.12. The zero-order valence-corrected chi connectivity index (χ0v) is 13.3. The second kappa shape index (κ2) is 8.01. The van der Waals surface area contributed by atoms with Crippen LogP contribution in [-0.2, 0) is 13.2 Å².